The lowest BCUT2D eigenvalue weighted by Crippen LogP contribution is -2.10. The predicted octanol–water partition coefficient (Wildman–Crippen LogP) is 1.51. The molecule has 0 saturated heterocycles. The van der Waals surface area contributed by atoms with Crippen molar-refractivity contribution in [3.8, 4) is 10.6 Å². The van der Waals surface area contributed by atoms with Gasteiger partial charge in [0.2, 0.25) is 0 Å². The van der Waals surface area contributed by atoms with Crippen molar-refractivity contribution >= 4 is 17.3 Å². The van der Waals surface area contributed by atoms with Gasteiger partial charge in [-0.3, -0.25) is 4.68 Å². The topological polar surface area (TPSA) is 87.7 Å². The van der Waals surface area contributed by atoms with Crippen molar-refractivity contribution in [1.29, 1.82) is 0 Å². The maximum absolute atomic E-state index is 12.0. The van der Waals surface area contributed by atoms with Crippen LogP contribution in [0.25, 0.3) is 10.6 Å². The third-order valence-electron chi connectivity index (χ3n) is 2.99. The largest absolute Gasteiger partial charge is 0.453 e. The number of aromatic nitrogens is 6. The van der Waals surface area contributed by atoms with E-state index in [1.165, 1.54) is 17.7 Å². The number of aryl methyl sites for hydroxylation is 2. The van der Waals surface area contributed by atoms with E-state index in [1.54, 1.807) is 20.9 Å². The van der Waals surface area contributed by atoms with E-state index in [-0.39, 0.29) is 12.3 Å². The highest BCUT2D eigenvalue weighted by atomic mass is 32.1. The zero-order chi connectivity index (χ0) is 15.5. The fourth-order valence-corrected chi connectivity index (χ4v) is 2.66. The third-order valence-corrected chi connectivity index (χ3v) is 3.88. The van der Waals surface area contributed by atoms with E-state index in [1.807, 2.05) is 20.2 Å². The van der Waals surface area contributed by atoms with Gasteiger partial charge in [0, 0.05) is 30.7 Å². The molecule has 3 aromatic rings. The number of carbonyl (C=O) groups excluding carboxylic acids is 1. The second-order valence-electron chi connectivity index (χ2n) is 4.51. The van der Waals surface area contributed by atoms with Crippen molar-refractivity contribution in [3.63, 3.8) is 0 Å². The first-order chi connectivity index (χ1) is 10.7. The van der Waals surface area contributed by atoms with Crippen molar-refractivity contribution < 1.29 is 9.53 Å². The molecule has 0 bridgehead atoms. The fourth-order valence-electron chi connectivity index (χ4n) is 1.90. The minimum absolute atomic E-state index is 0.0758. The number of carbonyl (C=O) groups is 1. The summed E-state index contributed by atoms with van der Waals surface area (Å²) in [5.74, 6) is 0.135. The molecule has 9 heteroatoms. The molecule has 22 heavy (non-hydrogen) atoms. The van der Waals surface area contributed by atoms with Crippen LogP contribution in [0.1, 0.15) is 23.2 Å². The van der Waals surface area contributed by atoms with E-state index in [4.69, 9.17) is 4.74 Å². The molecular formula is C13H14N6O2S. The first-order valence-electron chi connectivity index (χ1n) is 6.65. The average Bonchev–Trinajstić information content (AvgIpc) is 3.24. The van der Waals surface area contributed by atoms with Crippen molar-refractivity contribution in [2.75, 3.05) is 0 Å². The van der Waals surface area contributed by atoms with E-state index >= 15 is 0 Å². The molecule has 0 radical (unpaired) electrons. The summed E-state index contributed by atoms with van der Waals surface area (Å²) in [6.07, 6.45) is 4.99. The number of esters is 1. The first kappa shape index (κ1) is 14.4. The molecule has 3 aromatic heterocycles. The molecule has 0 aliphatic carbocycles. The summed E-state index contributed by atoms with van der Waals surface area (Å²) in [5.41, 5.74) is 1.16. The Balaban J connectivity index is 1.67. The van der Waals surface area contributed by atoms with Crippen LogP contribution in [0.5, 0.6) is 0 Å². The van der Waals surface area contributed by atoms with E-state index in [0.29, 0.717) is 12.4 Å². The highest BCUT2D eigenvalue weighted by Gasteiger charge is 2.15. The van der Waals surface area contributed by atoms with Gasteiger partial charge >= 0.3 is 5.97 Å². The quantitative estimate of drug-likeness (QED) is 0.663. The molecule has 3 rings (SSSR count). The van der Waals surface area contributed by atoms with Gasteiger partial charge in [-0.25, -0.2) is 19.4 Å². The van der Waals surface area contributed by atoms with Crippen LogP contribution >= 0.6 is 11.3 Å². The van der Waals surface area contributed by atoms with Gasteiger partial charge < -0.3 is 4.74 Å². The molecule has 0 fully saturated rings. The van der Waals surface area contributed by atoms with Crippen LogP contribution in [0.4, 0.5) is 0 Å². The molecule has 0 N–H and O–H groups in total. The molecule has 0 aliphatic rings. The van der Waals surface area contributed by atoms with E-state index in [9.17, 15) is 4.79 Å². The molecule has 0 aliphatic heterocycles. The van der Waals surface area contributed by atoms with Gasteiger partial charge in [0.1, 0.15) is 11.3 Å². The summed E-state index contributed by atoms with van der Waals surface area (Å²) in [6, 6.07) is 0. The zero-order valence-corrected chi connectivity index (χ0v) is 12.9. The Morgan fingerprint density at radius 1 is 1.41 bits per heavy atom. The highest BCUT2D eigenvalue weighted by molar-refractivity contribution is 7.13. The summed E-state index contributed by atoms with van der Waals surface area (Å²) in [7, 11) is 1.83. The number of thiazole rings is 1. The van der Waals surface area contributed by atoms with E-state index < -0.39 is 5.97 Å². The van der Waals surface area contributed by atoms with Crippen molar-refractivity contribution in [3.05, 3.63) is 35.6 Å². The lowest BCUT2D eigenvalue weighted by molar-refractivity contribution is 0.0451. The lowest BCUT2D eigenvalue weighted by atomic mass is 10.4. The molecular weight excluding hydrogens is 304 g/mol. The monoisotopic (exact) mass is 318 g/mol. The molecule has 0 atom stereocenters. The normalized spacial score (nSPS) is 10.8. The van der Waals surface area contributed by atoms with Crippen molar-refractivity contribution in [2.45, 2.75) is 20.1 Å². The summed E-state index contributed by atoms with van der Waals surface area (Å²) >= 11 is 1.38. The Labute approximate surface area is 130 Å². The zero-order valence-electron chi connectivity index (χ0n) is 12.1. The molecule has 0 unspecified atom stereocenters. The number of hydrogen-bond acceptors (Lipinski definition) is 7. The Kier molecular flexibility index (Phi) is 3.96. The smallest absolute Gasteiger partial charge is 0.358 e. The van der Waals surface area contributed by atoms with Crippen LogP contribution in [0.2, 0.25) is 0 Å². The van der Waals surface area contributed by atoms with Gasteiger partial charge in [0.15, 0.2) is 18.1 Å². The second-order valence-corrected chi connectivity index (χ2v) is 5.37. The number of rotatable bonds is 5. The minimum Gasteiger partial charge on any atom is -0.453 e. The lowest BCUT2D eigenvalue weighted by Gasteiger charge is -2.03. The van der Waals surface area contributed by atoms with Crippen molar-refractivity contribution in [1.82, 2.24) is 29.5 Å². The summed E-state index contributed by atoms with van der Waals surface area (Å²) in [5, 5.41) is 10.5. The van der Waals surface area contributed by atoms with Crippen LogP contribution in [0.3, 0.4) is 0 Å². The van der Waals surface area contributed by atoms with Gasteiger partial charge in [-0.1, -0.05) is 0 Å². The standard InChI is InChI=1S/C13H14N6O2S/c1-3-19-11(14-8-16-19)6-21-13(20)10-7-22-12(17-10)9-4-15-18(2)5-9/h4-5,7-8H,3,6H2,1-2H3. The minimum atomic E-state index is -0.475. The number of ether oxygens (including phenoxy) is 1. The average molecular weight is 318 g/mol. The highest BCUT2D eigenvalue weighted by Crippen LogP contribution is 2.23. The SMILES string of the molecule is CCn1ncnc1COC(=O)c1csc(-c2cnn(C)c2)n1. The van der Waals surface area contributed by atoms with Gasteiger partial charge in [0.05, 0.1) is 6.20 Å². The Bertz CT molecular complexity index is 790. The third kappa shape index (κ3) is 2.89. The van der Waals surface area contributed by atoms with Crippen LogP contribution in [0, 0.1) is 0 Å². The number of hydrogen-bond donors (Lipinski definition) is 0. The summed E-state index contributed by atoms with van der Waals surface area (Å²) in [6.45, 7) is 2.70. The van der Waals surface area contributed by atoms with Crippen molar-refractivity contribution in [2.24, 2.45) is 7.05 Å². The second kappa shape index (κ2) is 6.06. The predicted molar refractivity (Wildman–Crippen MR) is 79.1 cm³/mol. The molecule has 0 aromatic carbocycles. The molecule has 0 amide bonds. The van der Waals surface area contributed by atoms with Crippen LogP contribution in [0.15, 0.2) is 24.1 Å². The molecule has 3 heterocycles. The van der Waals surface area contributed by atoms with E-state index in [0.717, 1.165) is 10.6 Å². The molecule has 114 valence electrons. The van der Waals surface area contributed by atoms with Gasteiger partial charge in [-0.2, -0.15) is 10.2 Å². The molecule has 0 spiro atoms. The summed E-state index contributed by atoms with van der Waals surface area (Å²) < 4.78 is 8.59. The fraction of sp³-hybridized carbons (Fsp3) is 0.308. The maximum Gasteiger partial charge on any atom is 0.358 e. The van der Waals surface area contributed by atoms with E-state index in [2.05, 4.69) is 20.2 Å². The Morgan fingerprint density at radius 2 is 2.27 bits per heavy atom. The van der Waals surface area contributed by atoms with Gasteiger partial charge in [-0.15, -0.1) is 11.3 Å². The Hall–Kier alpha value is -2.55. The van der Waals surface area contributed by atoms with Gasteiger partial charge in [0.25, 0.3) is 0 Å². The number of nitrogens with zero attached hydrogens (tertiary/aromatic N) is 6. The summed E-state index contributed by atoms with van der Waals surface area (Å²) in [4.78, 5) is 20.4. The van der Waals surface area contributed by atoms with Crippen LogP contribution in [-0.2, 0) is 24.9 Å². The van der Waals surface area contributed by atoms with Crippen LogP contribution in [-0.4, -0.2) is 35.5 Å². The molecule has 8 nitrogen and oxygen atoms in total. The van der Waals surface area contributed by atoms with Crippen LogP contribution < -0.4 is 0 Å². The van der Waals surface area contributed by atoms with Gasteiger partial charge in [-0.05, 0) is 6.92 Å². The first-order valence-corrected chi connectivity index (χ1v) is 7.53. The maximum atomic E-state index is 12.0. The Morgan fingerprint density at radius 3 is 3.00 bits per heavy atom. The molecule has 0 saturated carbocycles.